The normalized spacial score (nSPS) is 10.3. The summed E-state index contributed by atoms with van der Waals surface area (Å²) >= 11 is 3.29. The number of benzene rings is 1. The number of carbonyl (C=O) groups is 1. The molecule has 1 heterocycles. The third kappa shape index (κ3) is 3.81. The quantitative estimate of drug-likeness (QED) is 0.666. The summed E-state index contributed by atoms with van der Waals surface area (Å²) in [5.41, 5.74) is 9.09. The van der Waals surface area contributed by atoms with Gasteiger partial charge < -0.3 is 11.1 Å². The van der Waals surface area contributed by atoms with Crippen LogP contribution < -0.4 is 11.1 Å². The Labute approximate surface area is 126 Å². The van der Waals surface area contributed by atoms with Crippen molar-refractivity contribution in [1.82, 2.24) is 4.98 Å². The van der Waals surface area contributed by atoms with Gasteiger partial charge in [0.1, 0.15) is 4.60 Å². The minimum Gasteiger partial charge on any atom is -0.399 e. The summed E-state index contributed by atoms with van der Waals surface area (Å²) in [6.07, 6.45) is 1.02. The number of nitrogens with zero attached hydrogens (tertiary/aromatic N) is 1. The number of para-hydroxylation sites is 1. The predicted octanol–water partition coefficient (Wildman–Crippen LogP) is 3.31. The lowest BCUT2D eigenvalue weighted by Gasteiger charge is -2.09. The molecule has 1 amide bonds. The molecule has 0 aliphatic rings. The van der Waals surface area contributed by atoms with Gasteiger partial charge in [0.15, 0.2) is 0 Å². The number of nitrogens with one attached hydrogen (secondary N) is 1. The fraction of sp³-hybridized carbons (Fsp3) is 0.200. The van der Waals surface area contributed by atoms with Crippen LogP contribution in [0, 0.1) is 6.92 Å². The maximum atomic E-state index is 11.9. The lowest BCUT2D eigenvalue weighted by molar-refractivity contribution is -0.116. The van der Waals surface area contributed by atoms with E-state index >= 15 is 0 Å². The first-order valence-electron chi connectivity index (χ1n) is 6.32. The van der Waals surface area contributed by atoms with Crippen LogP contribution in [-0.4, -0.2) is 10.9 Å². The largest absolute Gasteiger partial charge is 0.399 e. The Bertz CT molecular complexity index is 628. The summed E-state index contributed by atoms with van der Waals surface area (Å²) in [6, 6.07) is 11.2. The molecule has 20 heavy (non-hydrogen) atoms. The number of hydrogen-bond acceptors (Lipinski definition) is 3. The van der Waals surface area contributed by atoms with Gasteiger partial charge in [0.05, 0.1) is 11.4 Å². The van der Waals surface area contributed by atoms with Crippen LogP contribution in [0.5, 0.6) is 0 Å². The fourth-order valence-electron chi connectivity index (χ4n) is 1.89. The zero-order valence-corrected chi connectivity index (χ0v) is 12.8. The van der Waals surface area contributed by atoms with Gasteiger partial charge in [-0.15, -0.1) is 0 Å². The molecule has 0 saturated heterocycles. The summed E-state index contributed by atoms with van der Waals surface area (Å²) in [5.74, 6) is -0.0412. The number of carbonyl (C=O) groups excluding carboxylic acids is 1. The second-order valence-electron chi connectivity index (χ2n) is 4.51. The van der Waals surface area contributed by atoms with Gasteiger partial charge >= 0.3 is 0 Å². The van der Waals surface area contributed by atoms with Crippen molar-refractivity contribution in [2.24, 2.45) is 0 Å². The van der Waals surface area contributed by atoms with E-state index in [1.54, 1.807) is 6.07 Å². The molecule has 5 heteroatoms. The first-order chi connectivity index (χ1) is 9.56. The zero-order valence-electron chi connectivity index (χ0n) is 11.2. The number of aromatic nitrogens is 1. The lowest BCUT2D eigenvalue weighted by Crippen LogP contribution is -2.14. The minimum absolute atomic E-state index is 0.0412. The SMILES string of the molecule is Cc1nc(Br)ccc1NC(=O)CCc1ccccc1N. The maximum absolute atomic E-state index is 11.9. The van der Waals surface area contributed by atoms with Crippen LogP contribution in [0.3, 0.4) is 0 Å². The molecule has 0 aliphatic heterocycles. The fourth-order valence-corrected chi connectivity index (χ4v) is 2.28. The summed E-state index contributed by atoms with van der Waals surface area (Å²) in [6.45, 7) is 1.86. The number of pyridine rings is 1. The number of amides is 1. The highest BCUT2D eigenvalue weighted by molar-refractivity contribution is 9.10. The summed E-state index contributed by atoms with van der Waals surface area (Å²) < 4.78 is 0.755. The van der Waals surface area contributed by atoms with Crippen LogP contribution in [0.2, 0.25) is 0 Å². The van der Waals surface area contributed by atoms with Crippen molar-refractivity contribution in [2.45, 2.75) is 19.8 Å². The van der Waals surface area contributed by atoms with Crippen LogP contribution in [0.25, 0.3) is 0 Å². The van der Waals surface area contributed by atoms with Gasteiger partial charge in [-0.1, -0.05) is 18.2 Å². The van der Waals surface area contributed by atoms with E-state index in [4.69, 9.17) is 5.73 Å². The van der Waals surface area contributed by atoms with Gasteiger partial charge in [0.25, 0.3) is 0 Å². The maximum Gasteiger partial charge on any atom is 0.224 e. The van der Waals surface area contributed by atoms with Crippen molar-refractivity contribution in [3.05, 3.63) is 52.3 Å². The lowest BCUT2D eigenvalue weighted by atomic mass is 10.1. The second kappa shape index (κ2) is 6.52. The van der Waals surface area contributed by atoms with Crippen LogP contribution in [0.15, 0.2) is 41.0 Å². The van der Waals surface area contributed by atoms with Gasteiger partial charge in [-0.2, -0.15) is 0 Å². The molecular formula is C15H16BrN3O. The van der Waals surface area contributed by atoms with E-state index < -0.39 is 0 Å². The molecule has 0 radical (unpaired) electrons. The summed E-state index contributed by atoms with van der Waals surface area (Å²) in [7, 11) is 0. The Morgan fingerprint density at radius 2 is 2.05 bits per heavy atom. The molecule has 2 rings (SSSR count). The van der Waals surface area contributed by atoms with E-state index in [2.05, 4.69) is 26.2 Å². The van der Waals surface area contributed by atoms with Gasteiger partial charge in [0, 0.05) is 12.1 Å². The Hall–Kier alpha value is -1.88. The molecule has 0 saturated carbocycles. The van der Waals surface area contributed by atoms with Gasteiger partial charge in [0.2, 0.25) is 5.91 Å². The molecule has 0 bridgehead atoms. The number of rotatable bonds is 4. The number of aryl methyl sites for hydroxylation is 2. The zero-order chi connectivity index (χ0) is 14.5. The van der Waals surface area contributed by atoms with Crippen molar-refractivity contribution >= 4 is 33.2 Å². The number of halogens is 1. The van der Waals surface area contributed by atoms with Crippen LogP contribution in [0.1, 0.15) is 17.7 Å². The minimum atomic E-state index is -0.0412. The van der Waals surface area contributed by atoms with Gasteiger partial charge in [-0.05, 0) is 53.0 Å². The van der Waals surface area contributed by atoms with Crippen LogP contribution in [-0.2, 0) is 11.2 Å². The molecule has 1 aromatic carbocycles. The summed E-state index contributed by atoms with van der Waals surface area (Å²) in [5, 5.41) is 2.86. The highest BCUT2D eigenvalue weighted by Crippen LogP contribution is 2.17. The number of hydrogen-bond donors (Lipinski definition) is 2. The van der Waals surface area contributed by atoms with E-state index in [9.17, 15) is 4.79 Å². The van der Waals surface area contributed by atoms with Crippen molar-refractivity contribution in [2.75, 3.05) is 11.1 Å². The van der Waals surface area contributed by atoms with E-state index in [1.165, 1.54) is 0 Å². The first kappa shape index (κ1) is 14.5. The highest BCUT2D eigenvalue weighted by Gasteiger charge is 2.07. The average Bonchev–Trinajstić information content (AvgIpc) is 2.41. The Balaban J connectivity index is 1.94. The molecule has 0 atom stereocenters. The van der Waals surface area contributed by atoms with Crippen molar-refractivity contribution in [3.8, 4) is 0 Å². The standard InChI is InChI=1S/C15H16BrN3O/c1-10-13(7-8-14(16)18-10)19-15(20)9-6-11-4-2-3-5-12(11)17/h2-5,7-8H,6,9,17H2,1H3,(H,19,20). The number of nitrogen functional groups attached to an aromatic ring is 1. The van der Waals surface area contributed by atoms with E-state index in [0.29, 0.717) is 12.8 Å². The topological polar surface area (TPSA) is 68.0 Å². The van der Waals surface area contributed by atoms with E-state index in [1.807, 2.05) is 37.3 Å². The Kier molecular flexibility index (Phi) is 4.74. The van der Waals surface area contributed by atoms with E-state index in [-0.39, 0.29) is 5.91 Å². The van der Waals surface area contributed by atoms with Crippen LogP contribution in [0.4, 0.5) is 11.4 Å². The summed E-state index contributed by atoms with van der Waals surface area (Å²) in [4.78, 5) is 16.2. The number of anilines is 2. The van der Waals surface area contributed by atoms with Crippen molar-refractivity contribution < 1.29 is 4.79 Å². The molecule has 0 fully saturated rings. The third-order valence-corrected chi connectivity index (χ3v) is 3.44. The molecule has 1 aromatic heterocycles. The van der Waals surface area contributed by atoms with Crippen LogP contribution >= 0.6 is 15.9 Å². The first-order valence-corrected chi connectivity index (χ1v) is 7.12. The van der Waals surface area contributed by atoms with E-state index in [0.717, 1.165) is 27.2 Å². The Morgan fingerprint density at radius 1 is 1.30 bits per heavy atom. The van der Waals surface area contributed by atoms with Gasteiger partial charge in [-0.3, -0.25) is 4.79 Å². The molecule has 2 aromatic rings. The molecular weight excluding hydrogens is 318 g/mol. The Morgan fingerprint density at radius 3 is 2.75 bits per heavy atom. The third-order valence-electron chi connectivity index (χ3n) is 3.00. The molecule has 3 N–H and O–H groups in total. The molecule has 0 unspecified atom stereocenters. The molecule has 0 spiro atoms. The molecule has 4 nitrogen and oxygen atoms in total. The second-order valence-corrected chi connectivity index (χ2v) is 5.33. The van der Waals surface area contributed by atoms with Crippen molar-refractivity contribution in [1.29, 1.82) is 0 Å². The molecule has 104 valence electrons. The number of nitrogens with two attached hydrogens (primary N) is 1. The van der Waals surface area contributed by atoms with Gasteiger partial charge in [-0.25, -0.2) is 4.98 Å². The molecule has 0 aliphatic carbocycles. The monoisotopic (exact) mass is 333 g/mol. The highest BCUT2D eigenvalue weighted by atomic mass is 79.9. The predicted molar refractivity (Wildman–Crippen MR) is 84.5 cm³/mol. The van der Waals surface area contributed by atoms with Crippen molar-refractivity contribution in [3.63, 3.8) is 0 Å². The smallest absolute Gasteiger partial charge is 0.224 e. The average molecular weight is 334 g/mol.